The predicted octanol–water partition coefficient (Wildman–Crippen LogP) is -7.01. The summed E-state index contributed by atoms with van der Waals surface area (Å²) in [6.07, 6.45) is 4.10. The van der Waals surface area contributed by atoms with Crippen molar-refractivity contribution in [1.29, 1.82) is 0 Å². The van der Waals surface area contributed by atoms with Crippen LogP contribution in [-0.4, -0.2) is 70.5 Å². The van der Waals surface area contributed by atoms with Crippen LogP contribution in [0.5, 0.6) is 0 Å². The van der Waals surface area contributed by atoms with Gasteiger partial charge in [-0.3, -0.25) is 0 Å². The van der Waals surface area contributed by atoms with Gasteiger partial charge in [0, 0.05) is 0 Å². The molecule has 0 radical (unpaired) electrons. The summed E-state index contributed by atoms with van der Waals surface area (Å²) in [6, 6.07) is 0. The molecular weight excluding hydrogens is 578 g/mol. The zero-order valence-corrected chi connectivity index (χ0v) is 18.4. The molecule has 0 atom stereocenters. The second-order valence-electron chi connectivity index (χ2n) is 4.46. The van der Waals surface area contributed by atoms with E-state index in [2.05, 4.69) is 9.47 Å². The van der Waals surface area contributed by atoms with E-state index in [1.807, 2.05) is 6.23 Å². The SMILES string of the molecule is COC(=O)/C=C/C(=O)O[I-]N1CCN([I-]OC(=O)/C=C/C(=O)OC)CC1. The quantitative estimate of drug-likeness (QED) is 0.116. The summed E-state index contributed by atoms with van der Waals surface area (Å²) in [7, 11) is 2.44. The molecule has 26 heavy (non-hydrogen) atoms. The third kappa shape index (κ3) is 10.0. The van der Waals surface area contributed by atoms with E-state index in [0.717, 1.165) is 24.3 Å². The summed E-state index contributed by atoms with van der Waals surface area (Å²) in [5.74, 6) is -2.39. The number of ether oxygens (including phenoxy) is 2. The van der Waals surface area contributed by atoms with Crippen LogP contribution in [0.1, 0.15) is 0 Å². The maximum atomic E-state index is 11.5. The average molecular weight is 596 g/mol. The van der Waals surface area contributed by atoms with Crippen molar-refractivity contribution >= 4 is 23.9 Å². The van der Waals surface area contributed by atoms with Crippen LogP contribution in [0.3, 0.4) is 0 Å². The fourth-order valence-corrected chi connectivity index (χ4v) is 4.31. The third-order valence-corrected chi connectivity index (χ3v) is 7.01. The molecule has 1 aliphatic rings. The van der Waals surface area contributed by atoms with Crippen LogP contribution >= 0.6 is 0 Å². The van der Waals surface area contributed by atoms with E-state index in [4.69, 9.17) is 6.13 Å². The van der Waals surface area contributed by atoms with Crippen molar-refractivity contribution in [3.05, 3.63) is 24.3 Å². The molecule has 0 aromatic heterocycles. The first kappa shape index (κ1) is 22.8. The Balaban J connectivity index is 2.20. The van der Waals surface area contributed by atoms with Gasteiger partial charge in [-0.1, -0.05) is 0 Å². The Labute approximate surface area is 172 Å². The van der Waals surface area contributed by atoms with Gasteiger partial charge in [0.15, 0.2) is 0 Å². The molecule has 1 aliphatic heterocycles. The van der Waals surface area contributed by atoms with Crippen LogP contribution in [-0.2, 0) is 34.8 Å². The van der Waals surface area contributed by atoms with Gasteiger partial charge in [-0.05, 0) is 0 Å². The van der Waals surface area contributed by atoms with Crippen molar-refractivity contribution in [3.63, 3.8) is 0 Å². The van der Waals surface area contributed by atoms with E-state index in [1.165, 1.54) is 14.2 Å². The van der Waals surface area contributed by atoms with Gasteiger partial charge in [-0.25, -0.2) is 0 Å². The fraction of sp³-hybridized carbons (Fsp3) is 0.429. The van der Waals surface area contributed by atoms with Crippen molar-refractivity contribution in [2.24, 2.45) is 0 Å². The molecular formula is C14H18I2N2O8-2. The molecule has 148 valence electrons. The second kappa shape index (κ2) is 13.0. The monoisotopic (exact) mass is 596 g/mol. The summed E-state index contributed by atoms with van der Waals surface area (Å²) < 4.78 is 23.1. The van der Waals surface area contributed by atoms with Crippen LogP contribution in [0.2, 0.25) is 0 Å². The summed E-state index contributed by atoms with van der Waals surface area (Å²) in [5.41, 5.74) is 0. The Kier molecular flexibility index (Phi) is 11.4. The zero-order chi connectivity index (χ0) is 19.4. The van der Waals surface area contributed by atoms with Crippen molar-refractivity contribution in [1.82, 2.24) is 6.23 Å². The Bertz CT molecular complexity index is 523. The molecule has 0 aromatic carbocycles. The van der Waals surface area contributed by atoms with Crippen LogP contribution < -0.4 is 43.8 Å². The molecule has 0 unspecified atom stereocenters. The molecule has 12 heteroatoms. The van der Waals surface area contributed by atoms with E-state index in [0.29, 0.717) is 26.2 Å². The predicted molar refractivity (Wildman–Crippen MR) is 77.6 cm³/mol. The average Bonchev–Trinajstić information content (AvgIpc) is 2.67. The van der Waals surface area contributed by atoms with Crippen LogP contribution in [0, 0.1) is 0 Å². The van der Waals surface area contributed by atoms with Gasteiger partial charge in [0.2, 0.25) is 0 Å². The topological polar surface area (TPSA) is 112 Å². The Hall–Kier alpha value is -1.26. The van der Waals surface area contributed by atoms with E-state index >= 15 is 0 Å². The van der Waals surface area contributed by atoms with E-state index in [-0.39, 0.29) is 0 Å². The van der Waals surface area contributed by atoms with E-state index in [9.17, 15) is 19.2 Å². The molecule has 0 bridgehead atoms. The molecule has 1 heterocycles. The number of hydrogen-bond donors (Lipinski definition) is 0. The number of methoxy groups -OCH3 is 2. The molecule has 0 amide bonds. The van der Waals surface area contributed by atoms with Crippen LogP contribution in [0.25, 0.3) is 0 Å². The van der Waals surface area contributed by atoms with Crippen molar-refractivity contribution in [3.8, 4) is 0 Å². The number of carbonyl (C=O) groups is 4. The number of halogens is 2. The van der Waals surface area contributed by atoms with Gasteiger partial charge < -0.3 is 0 Å². The number of rotatable bonds is 8. The number of hydrogen-bond acceptors (Lipinski definition) is 10. The molecule has 0 saturated carbocycles. The first-order chi connectivity index (χ1) is 12.4. The molecule has 1 saturated heterocycles. The summed E-state index contributed by atoms with van der Waals surface area (Å²) >= 11 is -1.87. The Morgan fingerprint density at radius 2 is 0.962 bits per heavy atom. The fourth-order valence-electron chi connectivity index (χ4n) is 1.42. The van der Waals surface area contributed by atoms with Gasteiger partial charge in [-0.15, -0.1) is 0 Å². The van der Waals surface area contributed by atoms with Crippen molar-refractivity contribution < 1.29 is 78.6 Å². The van der Waals surface area contributed by atoms with Gasteiger partial charge in [0.25, 0.3) is 0 Å². The molecule has 1 fully saturated rings. The van der Waals surface area contributed by atoms with Crippen LogP contribution in [0.15, 0.2) is 24.3 Å². The van der Waals surface area contributed by atoms with Gasteiger partial charge >= 0.3 is 173 Å². The van der Waals surface area contributed by atoms with Gasteiger partial charge in [-0.2, -0.15) is 0 Å². The Morgan fingerprint density at radius 3 is 1.27 bits per heavy atom. The van der Waals surface area contributed by atoms with Crippen molar-refractivity contribution in [2.75, 3.05) is 40.4 Å². The van der Waals surface area contributed by atoms with Gasteiger partial charge in [0.05, 0.1) is 0 Å². The first-order valence-corrected chi connectivity index (χ1v) is 10.9. The zero-order valence-electron chi connectivity index (χ0n) is 14.1. The summed E-state index contributed by atoms with van der Waals surface area (Å²) in [6.45, 7) is 2.76. The molecule has 0 spiro atoms. The number of esters is 2. The summed E-state index contributed by atoms with van der Waals surface area (Å²) in [5, 5.41) is 0. The molecule has 0 N–H and O–H groups in total. The standard InChI is InChI=1S/C14H18I2N2O8/c1-23-11(19)3-5-13(21)25-15-17-7-9-18(10-8-17)16-26-14(22)6-4-12(20)24-2/h3-6H,7-10H2,1-2H3/q-2/b5-3+,6-4+. The minimum absolute atomic E-state index is 0.579. The van der Waals surface area contributed by atoms with E-state index in [1.54, 1.807) is 0 Å². The second-order valence-corrected chi connectivity index (χ2v) is 8.86. The molecule has 0 aromatic rings. The third-order valence-electron chi connectivity index (χ3n) is 2.70. The Morgan fingerprint density at radius 1 is 0.654 bits per heavy atom. The minimum atomic E-state index is -0.935. The van der Waals surface area contributed by atoms with Gasteiger partial charge in [0.1, 0.15) is 0 Å². The molecule has 0 aliphatic carbocycles. The molecule has 1 rings (SSSR count). The summed E-state index contributed by atoms with van der Waals surface area (Å²) in [4.78, 5) is 44.7. The van der Waals surface area contributed by atoms with Crippen molar-refractivity contribution in [2.45, 2.75) is 0 Å². The number of nitrogens with zero attached hydrogens (tertiary/aromatic N) is 2. The first-order valence-electron chi connectivity index (χ1n) is 7.18. The number of piperazine rings is 1. The maximum absolute atomic E-state index is 11.5. The number of carbonyl (C=O) groups excluding carboxylic acids is 4. The van der Waals surface area contributed by atoms with E-state index < -0.39 is 67.7 Å². The van der Waals surface area contributed by atoms with Crippen LogP contribution in [0.4, 0.5) is 0 Å². The normalized spacial score (nSPS) is 16.1. The molecule has 10 nitrogen and oxygen atoms in total.